The lowest BCUT2D eigenvalue weighted by atomic mass is 9.96. The van der Waals surface area contributed by atoms with E-state index in [9.17, 15) is 23.2 Å². The Bertz CT molecular complexity index is 1290. The lowest BCUT2D eigenvalue weighted by molar-refractivity contribution is -0.137. The van der Waals surface area contributed by atoms with Gasteiger partial charge in [-0.15, -0.1) is 0 Å². The third-order valence-corrected chi connectivity index (χ3v) is 8.93. The SMILES string of the molecule is O=C(NC(c1ccccc1)c1ccc(C2CC2)c(F)c1)C1CC(F)CN1C(=O)CNC(=O)N1CCN(CC2CC2)CC1. The fraction of sp³-hybridized carbons (Fsp3) is 0.531. The normalized spacial score (nSPS) is 23.5. The second-order valence-electron chi connectivity index (χ2n) is 12.2. The number of carbonyl (C=O) groups is 3. The number of amides is 4. The van der Waals surface area contributed by atoms with Gasteiger partial charge in [0.25, 0.3) is 0 Å². The maximum atomic E-state index is 15.0. The fourth-order valence-electron chi connectivity index (χ4n) is 6.16. The number of urea groups is 1. The van der Waals surface area contributed by atoms with E-state index >= 15 is 0 Å². The van der Waals surface area contributed by atoms with Gasteiger partial charge in [0.2, 0.25) is 11.8 Å². The van der Waals surface area contributed by atoms with E-state index in [4.69, 9.17) is 0 Å². The van der Waals surface area contributed by atoms with Gasteiger partial charge in [0.1, 0.15) is 18.0 Å². The van der Waals surface area contributed by atoms with E-state index in [0.29, 0.717) is 24.2 Å². The Morgan fingerprint density at radius 3 is 2.33 bits per heavy atom. The Hall–Kier alpha value is -3.53. The summed E-state index contributed by atoms with van der Waals surface area (Å²) in [6, 6.07) is 12.2. The van der Waals surface area contributed by atoms with Gasteiger partial charge in [-0.1, -0.05) is 42.5 Å². The largest absolute Gasteiger partial charge is 0.343 e. The molecule has 2 heterocycles. The first-order valence-corrected chi connectivity index (χ1v) is 15.2. The average molecular weight is 580 g/mol. The molecule has 42 heavy (non-hydrogen) atoms. The van der Waals surface area contributed by atoms with E-state index in [-0.39, 0.29) is 37.3 Å². The summed E-state index contributed by atoms with van der Waals surface area (Å²) in [6.07, 6.45) is 3.04. The first-order chi connectivity index (χ1) is 20.4. The number of benzene rings is 2. The number of piperazine rings is 1. The lowest BCUT2D eigenvalue weighted by Gasteiger charge is -2.34. The Kier molecular flexibility index (Phi) is 8.42. The predicted octanol–water partition coefficient (Wildman–Crippen LogP) is 3.58. The zero-order valence-electron chi connectivity index (χ0n) is 23.8. The first kappa shape index (κ1) is 28.6. The molecular formula is C32H39F2N5O3. The summed E-state index contributed by atoms with van der Waals surface area (Å²) in [7, 11) is 0. The van der Waals surface area contributed by atoms with E-state index in [2.05, 4.69) is 15.5 Å². The summed E-state index contributed by atoms with van der Waals surface area (Å²) >= 11 is 0. The Morgan fingerprint density at radius 2 is 1.67 bits per heavy atom. The van der Waals surface area contributed by atoms with Crippen molar-refractivity contribution in [3.63, 3.8) is 0 Å². The van der Waals surface area contributed by atoms with E-state index in [1.54, 1.807) is 11.0 Å². The molecule has 4 fully saturated rings. The predicted molar refractivity (Wildman–Crippen MR) is 154 cm³/mol. The molecule has 2 saturated carbocycles. The molecule has 8 nitrogen and oxygen atoms in total. The summed E-state index contributed by atoms with van der Waals surface area (Å²) in [6.45, 7) is 3.37. The van der Waals surface area contributed by atoms with Crippen LogP contribution in [0.1, 0.15) is 60.8 Å². The summed E-state index contributed by atoms with van der Waals surface area (Å²) in [5, 5.41) is 5.63. The van der Waals surface area contributed by atoms with Crippen molar-refractivity contribution >= 4 is 17.8 Å². The second kappa shape index (κ2) is 12.4. The van der Waals surface area contributed by atoms with Gasteiger partial charge in [0.15, 0.2) is 0 Å². The third kappa shape index (κ3) is 6.75. The average Bonchev–Trinajstić information content (AvgIpc) is 3.94. The molecule has 2 saturated heterocycles. The van der Waals surface area contributed by atoms with Crippen molar-refractivity contribution in [3.8, 4) is 0 Å². The van der Waals surface area contributed by atoms with Crippen LogP contribution in [0.3, 0.4) is 0 Å². The molecule has 0 spiro atoms. The van der Waals surface area contributed by atoms with Crippen molar-refractivity contribution in [2.75, 3.05) is 45.8 Å². The highest BCUT2D eigenvalue weighted by atomic mass is 19.1. The van der Waals surface area contributed by atoms with Gasteiger partial charge in [-0.05, 0) is 60.3 Å². The zero-order valence-corrected chi connectivity index (χ0v) is 23.8. The van der Waals surface area contributed by atoms with Gasteiger partial charge in [-0.25, -0.2) is 13.6 Å². The maximum absolute atomic E-state index is 15.0. The number of likely N-dealkylation sites (tertiary alicyclic amines) is 1. The van der Waals surface area contributed by atoms with Crippen LogP contribution in [0.15, 0.2) is 48.5 Å². The number of rotatable bonds is 9. The van der Waals surface area contributed by atoms with Crippen molar-refractivity contribution in [1.82, 2.24) is 25.3 Å². The number of nitrogens with zero attached hydrogens (tertiary/aromatic N) is 3. The van der Waals surface area contributed by atoms with Crippen molar-refractivity contribution in [2.24, 2.45) is 5.92 Å². The summed E-state index contributed by atoms with van der Waals surface area (Å²) in [5.41, 5.74) is 2.02. The molecule has 224 valence electrons. The van der Waals surface area contributed by atoms with Gasteiger partial charge < -0.3 is 20.4 Å². The lowest BCUT2D eigenvalue weighted by Crippen LogP contribution is -2.54. The fourth-order valence-corrected chi connectivity index (χ4v) is 6.16. The molecule has 2 N–H and O–H groups in total. The highest BCUT2D eigenvalue weighted by Gasteiger charge is 2.41. The number of hydrogen-bond donors (Lipinski definition) is 2. The standard InChI is InChI=1S/C32H39F2N5O3/c33-25-17-28(39(20-25)29(40)18-35-32(42)38-14-12-37(13-15-38)19-21-6-7-21)31(41)36-30(23-4-2-1-3-5-23)24-10-11-26(22-8-9-22)27(34)16-24/h1-5,10-11,16,21-22,25,28,30H,6-9,12-15,17-20H2,(H,35,42)(H,36,41). The summed E-state index contributed by atoms with van der Waals surface area (Å²) in [5.74, 6) is -0.272. The van der Waals surface area contributed by atoms with Gasteiger partial charge in [0, 0.05) is 39.1 Å². The van der Waals surface area contributed by atoms with Crippen molar-refractivity contribution in [2.45, 2.75) is 56.3 Å². The molecule has 4 amide bonds. The second-order valence-corrected chi connectivity index (χ2v) is 12.2. The molecule has 0 aromatic heterocycles. The van der Waals surface area contributed by atoms with E-state index in [0.717, 1.165) is 44.0 Å². The number of alkyl halides is 1. The van der Waals surface area contributed by atoms with Crippen LogP contribution in [0, 0.1) is 11.7 Å². The van der Waals surface area contributed by atoms with E-state index in [1.165, 1.54) is 23.8 Å². The Labute approximate surface area is 245 Å². The van der Waals surface area contributed by atoms with Crippen LogP contribution in [0.5, 0.6) is 0 Å². The number of nitrogens with one attached hydrogen (secondary N) is 2. The zero-order chi connectivity index (χ0) is 29.2. The topological polar surface area (TPSA) is 85.0 Å². The first-order valence-electron chi connectivity index (χ1n) is 15.2. The van der Waals surface area contributed by atoms with E-state index in [1.807, 2.05) is 36.4 Å². The van der Waals surface area contributed by atoms with Gasteiger partial charge in [-0.2, -0.15) is 0 Å². The van der Waals surface area contributed by atoms with Gasteiger partial charge >= 0.3 is 6.03 Å². The molecule has 4 aliphatic rings. The molecule has 0 bridgehead atoms. The summed E-state index contributed by atoms with van der Waals surface area (Å²) < 4.78 is 29.6. The summed E-state index contributed by atoms with van der Waals surface area (Å²) in [4.78, 5) is 44.7. The number of carbonyl (C=O) groups excluding carboxylic acids is 3. The molecule has 10 heteroatoms. The molecule has 2 aliphatic carbocycles. The minimum Gasteiger partial charge on any atom is -0.343 e. The van der Waals surface area contributed by atoms with E-state index < -0.39 is 30.1 Å². The molecule has 2 aromatic carbocycles. The molecule has 3 atom stereocenters. The van der Waals surface area contributed by atoms with Crippen LogP contribution in [-0.2, 0) is 9.59 Å². The van der Waals surface area contributed by atoms with Crippen molar-refractivity contribution in [1.29, 1.82) is 0 Å². The third-order valence-electron chi connectivity index (χ3n) is 8.93. The van der Waals surface area contributed by atoms with Crippen LogP contribution in [0.4, 0.5) is 13.6 Å². The number of hydrogen-bond acceptors (Lipinski definition) is 4. The minimum absolute atomic E-state index is 0.134. The molecule has 3 unspecified atom stereocenters. The highest BCUT2D eigenvalue weighted by Crippen LogP contribution is 2.42. The Balaban J connectivity index is 1.08. The monoisotopic (exact) mass is 579 g/mol. The smallest absolute Gasteiger partial charge is 0.317 e. The van der Waals surface area contributed by atoms with Crippen molar-refractivity contribution < 1.29 is 23.2 Å². The van der Waals surface area contributed by atoms with Crippen LogP contribution in [0.25, 0.3) is 0 Å². The Morgan fingerprint density at radius 1 is 0.929 bits per heavy atom. The van der Waals surface area contributed by atoms with Crippen molar-refractivity contribution in [3.05, 3.63) is 71.0 Å². The maximum Gasteiger partial charge on any atom is 0.317 e. The minimum atomic E-state index is -1.36. The quantitative estimate of drug-likeness (QED) is 0.476. The highest BCUT2D eigenvalue weighted by molar-refractivity contribution is 5.91. The molecular weight excluding hydrogens is 540 g/mol. The van der Waals surface area contributed by atoms with Crippen LogP contribution in [-0.4, -0.2) is 90.6 Å². The number of halogens is 2. The van der Waals surface area contributed by atoms with Crippen LogP contribution in [0.2, 0.25) is 0 Å². The molecule has 2 aliphatic heterocycles. The molecule has 6 rings (SSSR count). The van der Waals surface area contributed by atoms with Gasteiger partial charge in [-0.3, -0.25) is 14.5 Å². The molecule has 0 radical (unpaired) electrons. The van der Waals surface area contributed by atoms with Crippen LogP contribution < -0.4 is 10.6 Å². The molecule has 2 aromatic rings. The van der Waals surface area contributed by atoms with Crippen LogP contribution >= 0.6 is 0 Å². The van der Waals surface area contributed by atoms with Gasteiger partial charge in [0.05, 0.1) is 19.1 Å².